The highest BCUT2D eigenvalue weighted by atomic mass is 19.2. The van der Waals surface area contributed by atoms with Crippen LogP contribution in [-0.2, 0) is 4.79 Å². The molecule has 0 saturated heterocycles. The minimum absolute atomic E-state index is 0.974. The maximum atomic E-state index is 13.5. The zero-order valence-electron chi connectivity index (χ0n) is 11.9. The molecule has 0 fully saturated rings. The van der Waals surface area contributed by atoms with E-state index >= 15 is 0 Å². The van der Waals surface area contributed by atoms with Crippen LogP contribution < -0.4 is 11.1 Å². The van der Waals surface area contributed by atoms with Crippen LogP contribution in [0, 0.1) is 34.5 Å². The molecule has 118 valence electrons. The average molecular weight is 310 g/mol. The maximum Gasteiger partial charge on any atom is 0.232 e. The number of rotatable bonds is 3. The average Bonchev–Trinajstić information content (AvgIpc) is 2.37. The van der Waals surface area contributed by atoms with Crippen molar-refractivity contribution in [2.45, 2.75) is 33.2 Å². The van der Waals surface area contributed by atoms with Crippen LogP contribution in [0.3, 0.4) is 0 Å². The standard InChI is InChI=1S/C13H15F5N2O/c1-12(2,13(3,4)19)11(21)20-10-8(17)6(15)5(14)7(16)9(10)18/h19H2,1-4H3,(H,20,21). The molecule has 0 radical (unpaired) electrons. The lowest BCUT2D eigenvalue weighted by atomic mass is 9.74. The van der Waals surface area contributed by atoms with E-state index in [9.17, 15) is 26.7 Å². The molecule has 0 heterocycles. The van der Waals surface area contributed by atoms with Crippen molar-refractivity contribution >= 4 is 11.6 Å². The van der Waals surface area contributed by atoms with E-state index in [1.807, 2.05) is 0 Å². The maximum absolute atomic E-state index is 13.5. The Kier molecular flexibility index (Phi) is 4.34. The molecule has 0 atom stereocenters. The van der Waals surface area contributed by atoms with Crippen molar-refractivity contribution in [1.82, 2.24) is 0 Å². The Bertz CT molecular complexity index is 564. The summed E-state index contributed by atoms with van der Waals surface area (Å²) < 4.78 is 66.0. The van der Waals surface area contributed by atoms with E-state index in [0.29, 0.717) is 0 Å². The second-order valence-electron chi connectivity index (χ2n) is 5.75. The third-order valence-corrected chi connectivity index (χ3v) is 3.63. The molecule has 3 N–H and O–H groups in total. The van der Waals surface area contributed by atoms with Crippen LogP contribution in [0.5, 0.6) is 0 Å². The normalized spacial score (nSPS) is 12.5. The van der Waals surface area contributed by atoms with E-state index in [1.54, 1.807) is 5.32 Å². The number of benzene rings is 1. The zero-order chi connectivity index (χ0) is 16.7. The van der Waals surface area contributed by atoms with Gasteiger partial charge in [-0.2, -0.15) is 0 Å². The number of hydrogen-bond acceptors (Lipinski definition) is 2. The first-order valence-corrected chi connectivity index (χ1v) is 5.94. The first-order valence-electron chi connectivity index (χ1n) is 5.94. The van der Waals surface area contributed by atoms with E-state index in [1.165, 1.54) is 27.7 Å². The molecule has 1 aromatic rings. The molecule has 8 heteroatoms. The SMILES string of the molecule is CC(C)(N)C(C)(C)C(=O)Nc1c(F)c(F)c(F)c(F)c1F. The van der Waals surface area contributed by atoms with Gasteiger partial charge >= 0.3 is 0 Å². The number of carbonyl (C=O) groups excluding carboxylic acids is 1. The molecule has 0 saturated carbocycles. The molecule has 0 aliphatic heterocycles. The highest BCUT2D eigenvalue weighted by Gasteiger charge is 2.41. The number of amides is 1. The summed E-state index contributed by atoms with van der Waals surface area (Å²) in [6.45, 7) is 5.75. The number of halogens is 5. The van der Waals surface area contributed by atoms with Crippen LogP contribution in [-0.4, -0.2) is 11.4 Å². The molecule has 3 nitrogen and oxygen atoms in total. The summed E-state index contributed by atoms with van der Waals surface area (Å²) in [6, 6.07) is 0. The summed E-state index contributed by atoms with van der Waals surface area (Å²) >= 11 is 0. The summed E-state index contributed by atoms with van der Waals surface area (Å²) in [4.78, 5) is 12.0. The number of hydrogen-bond donors (Lipinski definition) is 2. The van der Waals surface area contributed by atoms with Gasteiger partial charge in [0.05, 0.1) is 5.41 Å². The fourth-order valence-electron chi connectivity index (χ4n) is 1.28. The molecule has 0 aliphatic rings. The smallest absolute Gasteiger partial charge is 0.232 e. The Balaban J connectivity index is 3.31. The Morgan fingerprint density at radius 2 is 1.19 bits per heavy atom. The Morgan fingerprint density at radius 3 is 1.52 bits per heavy atom. The fraction of sp³-hybridized carbons (Fsp3) is 0.462. The van der Waals surface area contributed by atoms with Crippen molar-refractivity contribution in [3.05, 3.63) is 29.1 Å². The van der Waals surface area contributed by atoms with E-state index in [-0.39, 0.29) is 0 Å². The second-order valence-corrected chi connectivity index (χ2v) is 5.75. The zero-order valence-corrected chi connectivity index (χ0v) is 11.9. The highest BCUT2D eigenvalue weighted by molar-refractivity contribution is 5.96. The summed E-state index contributed by atoms with van der Waals surface area (Å²) in [5.41, 5.74) is 1.95. The number of nitrogens with one attached hydrogen (secondary N) is 1. The van der Waals surface area contributed by atoms with Crippen molar-refractivity contribution in [2.75, 3.05) is 5.32 Å². The first-order chi connectivity index (χ1) is 9.32. The van der Waals surface area contributed by atoms with Gasteiger partial charge in [0.1, 0.15) is 5.69 Å². The van der Waals surface area contributed by atoms with Gasteiger partial charge < -0.3 is 11.1 Å². The molecule has 0 unspecified atom stereocenters. The van der Waals surface area contributed by atoms with Crippen LogP contribution in [0.4, 0.5) is 27.6 Å². The minimum atomic E-state index is -2.29. The summed E-state index contributed by atoms with van der Waals surface area (Å²) in [7, 11) is 0. The third kappa shape index (κ3) is 2.85. The van der Waals surface area contributed by atoms with Gasteiger partial charge in [0.15, 0.2) is 23.3 Å². The van der Waals surface area contributed by atoms with E-state index in [4.69, 9.17) is 5.73 Å². The van der Waals surface area contributed by atoms with Crippen LogP contribution >= 0.6 is 0 Å². The topological polar surface area (TPSA) is 55.1 Å². The monoisotopic (exact) mass is 310 g/mol. The molecule has 1 aromatic carbocycles. The van der Waals surface area contributed by atoms with Crippen molar-refractivity contribution in [2.24, 2.45) is 11.1 Å². The fourth-order valence-corrected chi connectivity index (χ4v) is 1.28. The number of carbonyl (C=O) groups is 1. The van der Waals surface area contributed by atoms with Crippen molar-refractivity contribution in [3.63, 3.8) is 0 Å². The highest BCUT2D eigenvalue weighted by Crippen LogP contribution is 2.32. The summed E-state index contributed by atoms with van der Waals surface area (Å²) in [5.74, 6) is -11.7. The number of nitrogens with two attached hydrogens (primary N) is 1. The first kappa shape index (κ1) is 17.4. The second kappa shape index (κ2) is 5.25. The lowest BCUT2D eigenvalue weighted by Gasteiger charge is -2.36. The lowest BCUT2D eigenvalue weighted by molar-refractivity contribution is -0.126. The van der Waals surface area contributed by atoms with Gasteiger partial charge in [0.2, 0.25) is 11.7 Å². The van der Waals surface area contributed by atoms with Crippen molar-refractivity contribution in [3.8, 4) is 0 Å². The van der Waals surface area contributed by atoms with E-state index < -0.39 is 51.6 Å². The molecular weight excluding hydrogens is 295 g/mol. The van der Waals surface area contributed by atoms with Gasteiger partial charge in [0.25, 0.3) is 0 Å². The van der Waals surface area contributed by atoms with E-state index in [0.717, 1.165) is 0 Å². The van der Waals surface area contributed by atoms with Gasteiger partial charge in [-0.25, -0.2) is 22.0 Å². The lowest BCUT2D eigenvalue weighted by Crippen LogP contribution is -2.53. The predicted molar refractivity (Wildman–Crippen MR) is 66.9 cm³/mol. The van der Waals surface area contributed by atoms with Crippen molar-refractivity contribution in [1.29, 1.82) is 0 Å². The van der Waals surface area contributed by atoms with E-state index in [2.05, 4.69) is 0 Å². The van der Waals surface area contributed by atoms with Gasteiger partial charge in [-0.3, -0.25) is 4.79 Å². The molecule has 1 rings (SSSR count). The predicted octanol–water partition coefficient (Wildman–Crippen LogP) is 3.08. The molecule has 1 amide bonds. The Labute approximate surface area is 118 Å². The third-order valence-electron chi connectivity index (χ3n) is 3.63. The van der Waals surface area contributed by atoms with Crippen LogP contribution in [0.2, 0.25) is 0 Å². The minimum Gasteiger partial charge on any atom is -0.325 e. The number of anilines is 1. The van der Waals surface area contributed by atoms with Gasteiger partial charge in [-0.05, 0) is 27.7 Å². The van der Waals surface area contributed by atoms with Crippen LogP contribution in [0.1, 0.15) is 27.7 Å². The Hall–Kier alpha value is -1.70. The summed E-state index contributed by atoms with van der Waals surface area (Å²) in [6.07, 6.45) is 0. The molecule has 0 aliphatic carbocycles. The van der Waals surface area contributed by atoms with Crippen molar-refractivity contribution < 1.29 is 26.7 Å². The molecule has 0 spiro atoms. The molecule has 21 heavy (non-hydrogen) atoms. The Morgan fingerprint density at radius 1 is 0.857 bits per heavy atom. The molecule has 0 bridgehead atoms. The largest absolute Gasteiger partial charge is 0.325 e. The molecule has 0 aromatic heterocycles. The van der Waals surface area contributed by atoms with Crippen LogP contribution in [0.15, 0.2) is 0 Å². The van der Waals surface area contributed by atoms with Gasteiger partial charge in [0, 0.05) is 5.54 Å². The van der Waals surface area contributed by atoms with Gasteiger partial charge in [-0.15, -0.1) is 0 Å². The quantitative estimate of drug-likeness (QED) is 0.512. The summed E-state index contributed by atoms with van der Waals surface area (Å²) in [5, 5.41) is 1.72. The molecular formula is C13H15F5N2O. The van der Waals surface area contributed by atoms with Crippen LogP contribution in [0.25, 0.3) is 0 Å². The van der Waals surface area contributed by atoms with Gasteiger partial charge in [-0.1, -0.05) is 0 Å².